The number of benzene rings is 1. The lowest BCUT2D eigenvalue weighted by molar-refractivity contribution is -0.123. The molecular weight excluding hydrogens is 288 g/mol. The zero-order chi connectivity index (χ0) is 16.2. The van der Waals surface area contributed by atoms with Crippen LogP contribution >= 0.6 is 0 Å². The van der Waals surface area contributed by atoms with Crippen LogP contribution in [-0.4, -0.2) is 41.7 Å². The minimum Gasteiger partial charge on any atom is -0.393 e. The Kier molecular flexibility index (Phi) is 5.34. The highest BCUT2D eigenvalue weighted by atomic mass is 16.3. The Morgan fingerprint density at radius 2 is 1.83 bits per heavy atom. The Morgan fingerprint density at radius 1 is 1.17 bits per heavy atom. The van der Waals surface area contributed by atoms with Crippen molar-refractivity contribution < 1.29 is 9.90 Å². The van der Waals surface area contributed by atoms with Gasteiger partial charge in [-0.05, 0) is 63.1 Å². The molecule has 0 aromatic heterocycles. The Morgan fingerprint density at radius 3 is 2.39 bits per heavy atom. The van der Waals surface area contributed by atoms with Gasteiger partial charge in [-0.2, -0.15) is 0 Å². The molecule has 4 heteroatoms. The number of piperidine rings is 1. The van der Waals surface area contributed by atoms with Crippen LogP contribution in [0.5, 0.6) is 0 Å². The number of hydrogen-bond donors (Lipinski definition) is 2. The van der Waals surface area contributed by atoms with Gasteiger partial charge in [-0.1, -0.05) is 30.3 Å². The quantitative estimate of drug-likeness (QED) is 0.847. The molecule has 2 fully saturated rings. The molecule has 1 aromatic rings. The summed E-state index contributed by atoms with van der Waals surface area (Å²) in [5.74, 6) is 1.11. The van der Waals surface area contributed by atoms with Crippen LogP contribution in [0.25, 0.3) is 0 Å². The van der Waals surface area contributed by atoms with Crippen molar-refractivity contribution in [3.8, 4) is 0 Å². The fourth-order valence-corrected chi connectivity index (χ4v) is 3.58. The van der Waals surface area contributed by atoms with Gasteiger partial charge in [0.05, 0.1) is 18.7 Å². The fraction of sp³-hybridized carbons (Fsp3) is 0.632. The predicted octanol–water partition coefficient (Wildman–Crippen LogP) is 2.35. The molecule has 0 bridgehead atoms. The van der Waals surface area contributed by atoms with E-state index in [2.05, 4.69) is 22.3 Å². The van der Waals surface area contributed by atoms with Crippen LogP contribution in [0.1, 0.15) is 44.2 Å². The molecule has 1 aliphatic heterocycles. The lowest BCUT2D eigenvalue weighted by Crippen LogP contribution is -2.44. The SMILES string of the molecule is CC(O)C1CCN(CC(=O)NC(c2ccccc2)C2CC2)CC1. The molecule has 23 heavy (non-hydrogen) atoms. The zero-order valence-corrected chi connectivity index (χ0v) is 13.9. The molecule has 0 radical (unpaired) electrons. The minimum absolute atomic E-state index is 0.126. The lowest BCUT2D eigenvalue weighted by atomic mass is 9.92. The van der Waals surface area contributed by atoms with Gasteiger partial charge in [0, 0.05) is 0 Å². The summed E-state index contributed by atoms with van der Waals surface area (Å²) < 4.78 is 0. The molecule has 1 saturated heterocycles. The molecule has 3 rings (SSSR count). The second kappa shape index (κ2) is 7.45. The van der Waals surface area contributed by atoms with Crippen molar-refractivity contribution in [1.82, 2.24) is 10.2 Å². The van der Waals surface area contributed by atoms with E-state index in [-0.39, 0.29) is 18.1 Å². The average molecular weight is 316 g/mol. The van der Waals surface area contributed by atoms with Crippen molar-refractivity contribution in [2.24, 2.45) is 11.8 Å². The minimum atomic E-state index is -0.233. The van der Waals surface area contributed by atoms with Crippen molar-refractivity contribution >= 4 is 5.91 Å². The van der Waals surface area contributed by atoms with Crippen molar-refractivity contribution in [2.75, 3.05) is 19.6 Å². The molecule has 4 nitrogen and oxygen atoms in total. The highest BCUT2D eigenvalue weighted by Crippen LogP contribution is 2.40. The third-order valence-electron chi connectivity index (χ3n) is 5.25. The summed E-state index contributed by atoms with van der Waals surface area (Å²) in [4.78, 5) is 14.7. The van der Waals surface area contributed by atoms with Crippen LogP contribution in [0.2, 0.25) is 0 Å². The molecule has 0 spiro atoms. The van der Waals surface area contributed by atoms with Gasteiger partial charge in [-0.25, -0.2) is 0 Å². The van der Waals surface area contributed by atoms with E-state index in [4.69, 9.17) is 0 Å². The molecule has 1 aliphatic carbocycles. The first-order chi connectivity index (χ1) is 11.1. The molecule has 126 valence electrons. The first-order valence-corrected chi connectivity index (χ1v) is 8.88. The summed E-state index contributed by atoms with van der Waals surface area (Å²) in [5.41, 5.74) is 1.22. The van der Waals surface area contributed by atoms with Crippen molar-refractivity contribution in [3.63, 3.8) is 0 Å². The zero-order valence-electron chi connectivity index (χ0n) is 13.9. The molecule has 2 N–H and O–H groups in total. The van der Waals surface area contributed by atoms with Gasteiger partial charge in [0.1, 0.15) is 0 Å². The van der Waals surface area contributed by atoms with Crippen molar-refractivity contribution in [3.05, 3.63) is 35.9 Å². The van der Waals surface area contributed by atoms with E-state index in [9.17, 15) is 9.90 Å². The number of nitrogens with one attached hydrogen (secondary N) is 1. The first kappa shape index (κ1) is 16.5. The summed E-state index contributed by atoms with van der Waals surface area (Å²) in [5, 5.41) is 12.9. The highest BCUT2D eigenvalue weighted by molar-refractivity contribution is 5.78. The van der Waals surface area contributed by atoms with E-state index in [1.165, 1.54) is 18.4 Å². The van der Waals surface area contributed by atoms with E-state index in [0.29, 0.717) is 18.4 Å². The second-order valence-corrected chi connectivity index (χ2v) is 7.15. The number of carbonyl (C=O) groups is 1. The number of nitrogens with zero attached hydrogens (tertiary/aromatic N) is 1. The largest absolute Gasteiger partial charge is 0.393 e. The number of hydrogen-bond acceptors (Lipinski definition) is 3. The van der Waals surface area contributed by atoms with Gasteiger partial charge >= 0.3 is 0 Å². The van der Waals surface area contributed by atoms with Crippen molar-refractivity contribution in [2.45, 2.75) is 44.8 Å². The molecule has 2 atom stereocenters. The maximum Gasteiger partial charge on any atom is 0.234 e. The van der Waals surface area contributed by atoms with Gasteiger partial charge in [0.2, 0.25) is 5.91 Å². The van der Waals surface area contributed by atoms with Gasteiger partial charge in [-0.15, -0.1) is 0 Å². The number of rotatable bonds is 6. The van der Waals surface area contributed by atoms with E-state index in [0.717, 1.165) is 25.9 Å². The monoisotopic (exact) mass is 316 g/mol. The van der Waals surface area contributed by atoms with Gasteiger partial charge in [-0.3, -0.25) is 9.69 Å². The van der Waals surface area contributed by atoms with Crippen molar-refractivity contribution in [1.29, 1.82) is 0 Å². The van der Waals surface area contributed by atoms with Crippen LogP contribution < -0.4 is 5.32 Å². The number of amides is 1. The summed E-state index contributed by atoms with van der Waals surface area (Å²) in [6, 6.07) is 10.5. The van der Waals surface area contributed by atoms with Crippen LogP contribution in [0.3, 0.4) is 0 Å². The number of likely N-dealkylation sites (tertiary alicyclic amines) is 1. The standard InChI is InChI=1S/C19H28N2O2/c1-14(22)15-9-11-21(12-10-15)13-18(23)20-19(17-7-8-17)16-5-3-2-4-6-16/h2-6,14-15,17,19,22H,7-13H2,1H3,(H,20,23). The van der Waals surface area contributed by atoms with E-state index in [1.54, 1.807) is 0 Å². The maximum absolute atomic E-state index is 12.4. The number of carbonyl (C=O) groups excluding carboxylic acids is 1. The Labute approximate surface area is 138 Å². The van der Waals surface area contributed by atoms with Crippen LogP contribution in [0, 0.1) is 11.8 Å². The Hall–Kier alpha value is -1.39. The van der Waals surface area contributed by atoms with Gasteiger partial charge in [0.25, 0.3) is 0 Å². The van der Waals surface area contributed by atoms with Gasteiger partial charge in [0.15, 0.2) is 0 Å². The van der Waals surface area contributed by atoms with E-state index in [1.807, 2.05) is 25.1 Å². The normalized spacial score (nSPS) is 22.5. The fourth-order valence-electron chi connectivity index (χ4n) is 3.58. The molecule has 1 saturated carbocycles. The van der Waals surface area contributed by atoms with Crippen LogP contribution in [-0.2, 0) is 4.79 Å². The second-order valence-electron chi connectivity index (χ2n) is 7.15. The molecule has 1 amide bonds. The smallest absolute Gasteiger partial charge is 0.234 e. The molecule has 1 heterocycles. The topological polar surface area (TPSA) is 52.6 Å². The molecule has 1 aromatic carbocycles. The predicted molar refractivity (Wildman–Crippen MR) is 90.9 cm³/mol. The molecule has 2 unspecified atom stereocenters. The van der Waals surface area contributed by atoms with E-state index < -0.39 is 0 Å². The average Bonchev–Trinajstić information content (AvgIpc) is 3.39. The maximum atomic E-state index is 12.4. The molecule has 2 aliphatic rings. The third-order valence-corrected chi connectivity index (χ3v) is 5.25. The third kappa shape index (κ3) is 4.55. The molecular formula is C19H28N2O2. The highest BCUT2D eigenvalue weighted by Gasteiger charge is 2.33. The Balaban J connectivity index is 1.50. The summed E-state index contributed by atoms with van der Waals surface area (Å²) in [6.45, 7) is 4.15. The summed E-state index contributed by atoms with van der Waals surface area (Å²) in [6.07, 6.45) is 4.15. The first-order valence-electron chi connectivity index (χ1n) is 8.88. The van der Waals surface area contributed by atoms with Gasteiger partial charge < -0.3 is 10.4 Å². The lowest BCUT2D eigenvalue weighted by Gasteiger charge is -2.33. The van der Waals surface area contributed by atoms with Crippen LogP contribution in [0.15, 0.2) is 30.3 Å². The summed E-state index contributed by atoms with van der Waals surface area (Å²) >= 11 is 0. The number of aliphatic hydroxyl groups excluding tert-OH is 1. The summed E-state index contributed by atoms with van der Waals surface area (Å²) in [7, 11) is 0. The number of aliphatic hydroxyl groups is 1. The Bertz CT molecular complexity index is 505. The van der Waals surface area contributed by atoms with E-state index >= 15 is 0 Å². The van der Waals surface area contributed by atoms with Crippen LogP contribution in [0.4, 0.5) is 0 Å².